The van der Waals surface area contributed by atoms with Crippen LogP contribution in [0.3, 0.4) is 0 Å². The van der Waals surface area contributed by atoms with E-state index in [0.29, 0.717) is 17.7 Å². The molecule has 6 nitrogen and oxygen atoms in total. The number of aliphatic carboxylic acids is 1. The minimum absolute atomic E-state index is 0.118. The summed E-state index contributed by atoms with van der Waals surface area (Å²) in [6.45, 7) is 2.21. The van der Waals surface area contributed by atoms with Gasteiger partial charge in [-0.3, -0.25) is 9.59 Å². The maximum atomic E-state index is 12.6. The highest BCUT2D eigenvalue weighted by molar-refractivity contribution is 5.97. The number of hydrogen-bond acceptors (Lipinski definition) is 4. The monoisotopic (exact) mass is 343 g/mol. The van der Waals surface area contributed by atoms with E-state index in [1.807, 2.05) is 24.3 Å². The van der Waals surface area contributed by atoms with Crippen molar-refractivity contribution in [3.63, 3.8) is 0 Å². The summed E-state index contributed by atoms with van der Waals surface area (Å²) < 4.78 is 10.7. The summed E-state index contributed by atoms with van der Waals surface area (Å²) in [6.07, 6.45) is 3.05. The van der Waals surface area contributed by atoms with E-state index in [-0.39, 0.29) is 23.5 Å². The predicted molar refractivity (Wildman–Crippen MR) is 91.0 cm³/mol. The summed E-state index contributed by atoms with van der Waals surface area (Å²) in [5, 5.41) is 11.9. The summed E-state index contributed by atoms with van der Waals surface area (Å²) in [7, 11) is 1.64. The van der Waals surface area contributed by atoms with Gasteiger partial charge in [0.1, 0.15) is 17.9 Å². The Morgan fingerprint density at radius 2 is 2.04 bits per heavy atom. The van der Waals surface area contributed by atoms with Crippen molar-refractivity contribution in [3.05, 3.63) is 53.0 Å². The molecule has 6 heteroatoms. The molecular formula is C19H21NO5. The van der Waals surface area contributed by atoms with Crippen LogP contribution in [-0.2, 0) is 16.6 Å². The van der Waals surface area contributed by atoms with Gasteiger partial charge in [-0.15, -0.1) is 0 Å². The Bertz CT molecular complexity index is 804. The number of carbonyl (C=O) groups excluding carboxylic acids is 1. The van der Waals surface area contributed by atoms with Gasteiger partial charge in [0.15, 0.2) is 0 Å². The largest absolute Gasteiger partial charge is 0.496 e. The van der Waals surface area contributed by atoms with Crippen molar-refractivity contribution in [2.24, 2.45) is 0 Å². The SMILES string of the molecule is COc1ccccc1C1(CNC(=O)c2c(C)coc2CC(=O)O)CC1. The Balaban J connectivity index is 1.75. The average Bonchev–Trinajstić information content (AvgIpc) is 3.30. The maximum Gasteiger partial charge on any atom is 0.311 e. The third-order valence-electron chi connectivity index (χ3n) is 4.71. The zero-order valence-corrected chi connectivity index (χ0v) is 14.3. The lowest BCUT2D eigenvalue weighted by atomic mass is 9.94. The topological polar surface area (TPSA) is 88.8 Å². The third kappa shape index (κ3) is 3.38. The fraction of sp³-hybridized carbons (Fsp3) is 0.368. The number of nitrogens with one attached hydrogen (secondary N) is 1. The van der Waals surface area contributed by atoms with Crippen LogP contribution in [0.1, 0.15) is 40.1 Å². The van der Waals surface area contributed by atoms with Gasteiger partial charge in [0.2, 0.25) is 0 Å². The number of para-hydroxylation sites is 1. The van der Waals surface area contributed by atoms with Crippen molar-refractivity contribution in [1.29, 1.82) is 0 Å². The quantitative estimate of drug-likeness (QED) is 0.807. The molecule has 1 aromatic carbocycles. The van der Waals surface area contributed by atoms with E-state index >= 15 is 0 Å². The summed E-state index contributed by atoms with van der Waals surface area (Å²) in [5.74, 6) is -0.329. The van der Waals surface area contributed by atoms with Crippen LogP contribution in [0.4, 0.5) is 0 Å². The lowest BCUT2D eigenvalue weighted by Crippen LogP contribution is -2.33. The molecule has 3 rings (SSSR count). The smallest absolute Gasteiger partial charge is 0.311 e. The van der Waals surface area contributed by atoms with E-state index in [1.54, 1.807) is 14.0 Å². The van der Waals surface area contributed by atoms with E-state index in [9.17, 15) is 9.59 Å². The average molecular weight is 343 g/mol. The number of carbonyl (C=O) groups is 2. The van der Waals surface area contributed by atoms with Crippen LogP contribution in [0, 0.1) is 6.92 Å². The Morgan fingerprint density at radius 1 is 1.32 bits per heavy atom. The molecule has 25 heavy (non-hydrogen) atoms. The zero-order chi connectivity index (χ0) is 18.0. The van der Waals surface area contributed by atoms with Gasteiger partial charge in [-0.05, 0) is 25.8 Å². The highest BCUT2D eigenvalue weighted by Gasteiger charge is 2.46. The molecule has 1 aliphatic carbocycles. The van der Waals surface area contributed by atoms with Gasteiger partial charge in [-0.25, -0.2) is 0 Å². The number of ether oxygens (including phenoxy) is 1. The highest BCUT2D eigenvalue weighted by atomic mass is 16.5. The zero-order valence-electron chi connectivity index (χ0n) is 14.3. The minimum Gasteiger partial charge on any atom is -0.496 e. The summed E-state index contributed by atoms with van der Waals surface area (Å²) in [4.78, 5) is 23.5. The number of methoxy groups -OCH3 is 1. The second-order valence-electron chi connectivity index (χ2n) is 6.45. The van der Waals surface area contributed by atoms with Gasteiger partial charge in [-0.2, -0.15) is 0 Å². The standard InChI is InChI=1S/C19H21NO5/c1-12-10-25-15(9-16(21)22)17(12)18(23)20-11-19(7-8-19)13-5-3-4-6-14(13)24-2/h3-6,10H,7-9,11H2,1-2H3,(H,20,23)(H,21,22). The lowest BCUT2D eigenvalue weighted by molar-refractivity contribution is -0.136. The van der Waals surface area contributed by atoms with Crippen LogP contribution in [0.2, 0.25) is 0 Å². The number of carboxylic acid groups (broad SMARTS) is 1. The molecule has 0 saturated heterocycles. The van der Waals surface area contributed by atoms with Crippen molar-refractivity contribution in [3.8, 4) is 5.75 Å². The molecule has 132 valence electrons. The Morgan fingerprint density at radius 3 is 2.68 bits per heavy atom. The van der Waals surface area contributed by atoms with Crippen molar-refractivity contribution in [2.45, 2.75) is 31.6 Å². The second-order valence-corrected chi connectivity index (χ2v) is 6.45. The van der Waals surface area contributed by atoms with E-state index in [2.05, 4.69) is 5.32 Å². The van der Waals surface area contributed by atoms with E-state index in [4.69, 9.17) is 14.3 Å². The first-order chi connectivity index (χ1) is 12.0. The van der Waals surface area contributed by atoms with Gasteiger partial charge in [-0.1, -0.05) is 18.2 Å². The lowest BCUT2D eigenvalue weighted by Gasteiger charge is -2.19. The summed E-state index contributed by atoms with van der Waals surface area (Å²) in [5.41, 5.74) is 1.92. The molecule has 1 saturated carbocycles. The molecule has 0 aliphatic heterocycles. The first kappa shape index (κ1) is 17.1. The molecule has 2 N–H and O–H groups in total. The molecular weight excluding hydrogens is 322 g/mol. The van der Waals surface area contributed by atoms with Gasteiger partial charge in [0.05, 0.1) is 18.9 Å². The molecule has 0 spiro atoms. The number of rotatable bonds is 7. The molecule has 1 aromatic heterocycles. The fourth-order valence-electron chi connectivity index (χ4n) is 3.18. The Labute approximate surface area is 145 Å². The maximum absolute atomic E-state index is 12.6. The Hall–Kier alpha value is -2.76. The molecule has 0 atom stereocenters. The molecule has 0 unspecified atom stereocenters. The molecule has 2 aromatic rings. The normalized spacial score (nSPS) is 14.8. The number of carboxylic acids is 1. The molecule has 1 fully saturated rings. The van der Waals surface area contributed by atoms with Gasteiger partial charge >= 0.3 is 5.97 Å². The Kier molecular flexibility index (Phi) is 4.53. The van der Waals surface area contributed by atoms with Crippen LogP contribution in [0.15, 0.2) is 34.9 Å². The van der Waals surface area contributed by atoms with Crippen LogP contribution in [0.25, 0.3) is 0 Å². The van der Waals surface area contributed by atoms with E-state index < -0.39 is 5.97 Å². The highest BCUT2D eigenvalue weighted by Crippen LogP contribution is 2.50. The van der Waals surface area contributed by atoms with Crippen LogP contribution in [0.5, 0.6) is 5.75 Å². The molecule has 0 bridgehead atoms. The molecule has 1 amide bonds. The van der Waals surface area contributed by atoms with Gasteiger partial charge in [0, 0.05) is 23.1 Å². The third-order valence-corrected chi connectivity index (χ3v) is 4.71. The van der Waals surface area contributed by atoms with Gasteiger partial charge < -0.3 is 19.6 Å². The van der Waals surface area contributed by atoms with Crippen molar-refractivity contribution >= 4 is 11.9 Å². The predicted octanol–water partition coefficient (Wildman–Crippen LogP) is 2.69. The van der Waals surface area contributed by atoms with Crippen LogP contribution >= 0.6 is 0 Å². The van der Waals surface area contributed by atoms with E-state index in [1.165, 1.54) is 6.26 Å². The minimum atomic E-state index is -1.03. The summed E-state index contributed by atoms with van der Waals surface area (Å²) in [6, 6.07) is 7.83. The fourth-order valence-corrected chi connectivity index (χ4v) is 3.18. The van der Waals surface area contributed by atoms with Crippen molar-refractivity contribution in [1.82, 2.24) is 5.32 Å². The molecule has 1 aliphatic rings. The number of hydrogen-bond donors (Lipinski definition) is 2. The number of aryl methyl sites for hydroxylation is 1. The summed E-state index contributed by atoms with van der Waals surface area (Å²) >= 11 is 0. The van der Waals surface area contributed by atoms with Crippen LogP contribution in [-0.4, -0.2) is 30.6 Å². The number of amides is 1. The van der Waals surface area contributed by atoms with E-state index in [0.717, 1.165) is 24.2 Å². The first-order valence-electron chi connectivity index (χ1n) is 8.17. The second kappa shape index (κ2) is 6.63. The van der Waals surface area contributed by atoms with Gasteiger partial charge in [0.25, 0.3) is 5.91 Å². The first-order valence-corrected chi connectivity index (χ1v) is 8.17. The van der Waals surface area contributed by atoms with Crippen molar-refractivity contribution in [2.75, 3.05) is 13.7 Å². The molecule has 0 radical (unpaired) electrons. The van der Waals surface area contributed by atoms with Crippen LogP contribution < -0.4 is 10.1 Å². The number of benzene rings is 1. The van der Waals surface area contributed by atoms with Crippen molar-refractivity contribution < 1.29 is 23.8 Å². The molecule has 1 heterocycles. The number of furan rings is 1.